The van der Waals surface area contributed by atoms with Crippen molar-refractivity contribution < 1.29 is 12.6 Å². The molecule has 3 rings (SSSR count). The van der Waals surface area contributed by atoms with E-state index in [1.165, 1.54) is 18.2 Å². The molecule has 0 aliphatic rings. The van der Waals surface area contributed by atoms with Crippen LogP contribution in [0.5, 0.6) is 5.75 Å². The number of hydrogen-bond acceptors (Lipinski definition) is 5. The summed E-state index contributed by atoms with van der Waals surface area (Å²) in [6, 6.07) is 12.8. The molecule has 1 heterocycles. The number of aromatic amines is 1. The summed E-state index contributed by atoms with van der Waals surface area (Å²) in [6.07, 6.45) is 0. The maximum absolute atomic E-state index is 12.1. The molecule has 0 bridgehead atoms. The first-order chi connectivity index (χ1) is 9.17. The van der Waals surface area contributed by atoms with Gasteiger partial charge in [0.2, 0.25) is 0 Å². The molecule has 0 aliphatic heterocycles. The first-order valence-electron chi connectivity index (χ1n) is 5.46. The molecule has 0 saturated heterocycles. The molecule has 2 aromatic carbocycles. The Bertz CT molecular complexity index is 812. The lowest BCUT2D eigenvalue weighted by Crippen LogP contribution is -2.09. The van der Waals surface area contributed by atoms with E-state index in [-0.39, 0.29) is 10.6 Å². The van der Waals surface area contributed by atoms with E-state index in [1.807, 2.05) is 0 Å². The predicted octanol–water partition coefficient (Wildman–Crippen LogP) is 1.73. The summed E-state index contributed by atoms with van der Waals surface area (Å²) in [7, 11) is -3.86. The van der Waals surface area contributed by atoms with E-state index >= 15 is 0 Å². The van der Waals surface area contributed by atoms with Gasteiger partial charge in [-0.25, -0.2) is 0 Å². The summed E-state index contributed by atoms with van der Waals surface area (Å²) in [5.41, 5.74) is 0.919. The van der Waals surface area contributed by atoms with Crippen molar-refractivity contribution in [2.75, 3.05) is 0 Å². The van der Waals surface area contributed by atoms with Gasteiger partial charge in [0.1, 0.15) is 10.4 Å². The molecule has 6 nitrogen and oxygen atoms in total. The molecule has 0 saturated carbocycles. The average molecular weight is 275 g/mol. The van der Waals surface area contributed by atoms with Crippen LogP contribution in [0.3, 0.4) is 0 Å². The van der Waals surface area contributed by atoms with Crippen LogP contribution in [-0.4, -0.2) is 23.8 Å². The Hall–Kier alpha value is -2.41. The fourth-order valence-electron chi connectivity index (χ4n) is 1.66. The maximum atomic E-state index is 12.1. The van der Waals surface area contributed by atoms with Gasteiger partial charge in [-0.2, -0.15) is 23.8 Å². The molecule has 96 valence electrons. The van der Waals surface area contributed by atoms with Gasteiger partial charge >= 0.3 is 10.1 Å². The highest BCUT2D eigenvalue weighted by atomic mass is 32.2. The molecule has 7 heteroatoms. The highest BCUT2D eigenvalue weighted by Gasteiger charge is 2.18. The van der Waals surface area contributed by atoms with Crippen molar-refractivity contribution in [3.8, 4) is 5.75 Å². The fraction of sp³-hybridized carbons (Fsp3) is 0. The molecule has 0 amide bonds. The van der Waals surface area contributed by atoms with E-state index in [0.29, 0.717) is 11.0 Å². The van der Waals surface area contributed by atoms with Gasteiger partial charge in [0.25, 0.3) is 0 Å². The lowest BCUT2D eigenvalue weighted by molar-refractivity contribution is 0.488. The molecular formula is C12H9N3O3S. The summed E-state index contributed by atoms with van der Waals surface area (Å²) in [5, 5.41) is 10.2. The maximum Gasteiger partial charge on any atom is 0.339 e. The summed E-state index contributed by atoms with van der Waals surface area (Å²) >= 11 is 0. The van der Waals surface area contributed by atoms with Crippen LogP contribution >= 0.6 is 0 Å². The normalized spacial score (nSPS) is 11.6. The van der Waals surface area contributed by atoms with E-state index in [4.69, 9.17) is 4.18 Å². The van der Waals surface area contributed by atoms with Gasteiger partial charge in [0.05, 0.1) is 0 Å². The van der Waals surface area contributed by atoms with E-state index < -0.39 is 10.1 Å². The number of benzene rings is 2. The number of rotatable bonds is 3. The predicted molar refractivity (Wildman–Crippen MR) is 68.1 cm³/mol. The lowest BCUT2D eigenvalue weighted by Gasteiger charge is -2.06. The first kappa shape index (κ1) is 11.7. The third-order valence-corrected chi connectivity index (χ3v) is 3.79. The molecular weight excluding hydrogens is 266 g/mol. The number of nitrogens with one attached hydrogen (secondary N) is 1. The molecule has 0 unspecified atom stereocenters. The third-order valence-electron chi connectivity index (χ3n) is 2.54. The van der Waals surface area contributed by atoms with E-state index in [1.54, 1.807) is 30.3 Å². The van der Waals surface area contributed by atoms with Crippen molar-refractivity contribution in [2.45, 2.75) is 4.90 Å². The van der Waals surface area contributed by atoms with Crippen molar-refractivity contribution in [3.63, 3.8) is 0 Å². The minimum absolute atomic E-state index is 0.0931. The molecule has 19 heavy (non-hydrogen) atoms. The summed E-state index contributed by atoms with van der Waals surface area (Å²) in [4.78, 5) is 0.0931. The highest BCUT2D eigenvalue weighted by molar-refractivity contribution is 7.87. The number of nitrogens with zero attached hydrogens (tertiary/aromatic N) is 2. The van der Waals surface area contributed by atoms with Gasteiger partial charge in [-0.15, -0.1) is 0 Å². The summed E-state index contributed by atoms with van der Waals surface area (Å²) < 4.78 is 29.3. The van der Waals surface area contributed by atoms with Crippen LogP contribution in [0.15, 0.2) is 53.4 Å². The van der Waals surface area contributed by atoms with Gasteiger partial charge in [-0.3, -0.25) is 0 Å². The molecule has 1 N–H and O–H groups in total. The minimum Gasteiger partial charge on any atom is -0.376 e. The van der Waals surface area contributed by atoms with Gasteiger partial charge < -0.3 is 4.18 Å². The van der Waals surface area contributed by atoms with Gasteiger partial charge in [-0.05, 0) is 24.3 Å². The Morgan fingerprint density at radius 2 is 1.74 bits per heavy atom. The molecule has 0 aliphatic carbocycles. The zero-order chi connectivity index (χ0) is 13.3. The first-order valence-corrected chi connectivity index (χ1v) is 6.87. The van der Waals surface area contributed by atoms with Crippen LogP contribution < -0.4 is 4.18 Å². The number of hydrogen-bond donors (Lipinski definition) is 1. The Labute approximate surface area is 109 Å². The number of para-hydroxylation sites is 1. The summed E-state index contributed by atoms with van der Waals surface area (Å²) in [5.74, 6) is 0.148. The Kier molecular flexibility index (Phi) is 2.68. The second kappa shape index (κ2) is 4.36. The number of fused-ring (bicyclic) bond motifs is 1. The van der Waals surface area contributed by atoms with E-state index in [9.17, 15) is 8.42 Å². The lowest BCUT2D eigenvalue weighted by atomic mass is 10.3. The Morgan fingerprint density at radius 3 is 2.53 bits per heavy atom. The molecule has 0 atom stereocenters. The second-order valence-electron chi connectivity index (χ2n) is 3.80. The summed E-state index contributed by atoms with van der Waals surface area (Å²) in [6.45, 7) is 0. The standard InChI is InChI=1S/C12H9N3O3S/c16-19(17,9-5-2-1-3-6-9)18-11-8-4-7-10-12(11)14-15-13-10/h1-8H,(H,13,14,15). The van der Waals surface area contributed by atoms with Gasteiger partial charge in [-0.1, -0.05) is 24.3 Å². The molecule has 0 radical (unpaired) electrons. The molecule has 3 aromatic rings. The van der Waals surface area contributed by atoms with Gasteiger partial charge in [0, 0.05) is 0 Å². The fourth-order valence-corrected chi connectivity index (χ4v) is 2.62. The van der Waals surface area contributed by atoms with Crippen molar-refractivity contribution in [3.05, 3.63) is 48.5 Å². The third kappa shape index (κ3) is 2.15. The largest absolute Gasteiger partial charge is 0.376 e. The quantitative estimate of drug-likeness (QED) is 0.736. The molecule has 0 spiro atoms. The zero-order valence-electron chi connectivity index (χ0n) is 9.65. The smallest absolute Gasteiger partial charge is 0.339 e. The number of aromatic nitrogens is 3. The van der Waals surface area contributed by atoms with Crippen LogP contribution in [0.25, 0.3) is 11.0 Å². The van der Waals surface area contributed by atoms with E-state index in [2.05, 4.69) is 15.4 Å². The topological polar surface area (TPSA) is 84.9 Å². The molecule has 0 fully saturated rings. The van der Waals surface area contributed by atoms with Crippen molar-refractivity contribution in [1.29, 1.82) is 0 Å². The van der Waals surface area contributed by atoms with Crippen LogP contribution in [0, 0.1) is 0 Å². The van der Waals surface area contributed by atoms with Crippen molar-refractivity contribution in [1.82, 2.24) is 15.4 Å². The van der Waals surface area contributed by atoms with Crippen LogP contribution in [0.4, 0.5) is 0 Å². The van der Waals surface area contributed by atoms with Crippen molar-refractivity contribution >= 4 is 21.2 Å². The zero-order valence-corrected chi connectivity index (χ0v) is 10.5. The SMILES string of the molecule is O=S(=O)(Oc1cccc2n[nH]nc12)c1ccccc1. The van der Waals surface area contributed by atoms with Crippen LogP contribution in [0.1, 0.15) is 0 Å². The van der Waals surface area contributed by atoms with Crippen LogP contribution in [-0.2, 0) is 10.1 Å². The van der Waals surface area contributed by atoms with Gasteiger partial charge in [0.15, 0.2) is 11.3 Å². The van der Waals surface area contributed by atoms with E-state index in [0.717, 1.165) is 0 Å². The minimum atomic E-state index is -3.86. The molecule has 1 aromatic heterocycles. The monoisotopic (exact) mass is 275 g/mol. The van der Waals surface area contributed by atoms with Crippen LogP contribution in [0.2, 0.25) is 0 Å². The highest BCUT2D eigenvalue weighted by Crippen LogP contribution is 2.25. The Balaban J connectivity index is 2.04. The second-order valence-corrected chi connectivity index (χ2v) is 5.34. The average Bonchev–Trinajstić information content (AvgIpc) is 2.89. The Morgan fingerprint density at radius 1 is 0.947 bits per heavy atom. The number of H-pyrrole nitrogens is 1. The van der Waals surface area contributed by atoms with Crippen molar-refractivity contribution in [2.24, 2.45) is 0 Å².